The Kier molecular flexibility index (Phi) is 6.32. The van der Waals surface area contributed by atoms with Gasteiger partial charge in [-0.15, -0.1) is 9.64 Å². The Morgan fingerprint density at radius 2 is 1.88 bits per heavy atom. The Balaban J connectivity index is 1.97. The maximum absolute atomic E-state index is 13.0. The topological polar surface area (TPSA) is 120 Å². The molecule has 0 bridgehead atoms. The summed E-state index contributed by atoms with van der Waals surface area (Å²) in [5.41, 5.74) is -1.40. The van der Waals surface area contributed by atoms with Crippen LogP contribution in [0.2, 0.25) is 0 Å². The van der Waals surface area contributed by atoms with Crippen LogP contribution in [0.5, 0.6) is 0 Å². The van der Waals surface area contributed by atoms with Gasteiger partial charge in [-0.25, -0.2) is 4.98 Å². The van der Waals surface area contributed by atoms with Gasteiger partial charge in [0.2, 0.25) is 0 Å². The normalized spacial score (nSPS) is 11.2. The molecule has 2 heterocycles. The number of aromatic nitrogens is 2. The molecule has 3 aromatic rings. The maximum atomic E-state index is 13.0. The molecule has 3 rings (SSSR count). The largest absolute Gasteiger partial charge is 0.416 e. The number of carbonyl (C=O) groups is 2. The molecule has 0 saturated heterocycles. The number of nitrogens with one attached hydrogen (secondary N) is 1. The van der Waals surface area contributed by atoms with Crippen molar-refractivity contribution in [2.45, 2.75) is 19.7 Å². The van der Waals surface area contributed by atoms with Gasteiger partial charge in [0, 0.05) is 16.8 Å². The van der Waals surface area contributed by atoms with E-state index in [1.54, 1.807) is 12.1 Å². The molecule has 0 aliphatic heterocycles. The molecule has 0 atom stereocenters. The molecule has 12 heteroatoms. The lowest BCUT2D eigenvalue weighted by atomic mass is 10.1. The van der Waals surface area contributed by atoms with E-state index in [1.165, 1.54) is 25.3 Å². The number of carbonyl (C=O) groups excluding carboxylic acids is 2. The van der Waals surface area contributed by atoms with Crippen LogP contribution in [0.1, 0.15) is 27.0 Å². The van der Waals surface area contributed by atoms with E-state index in [4.69, 9.17) is 4.84 Å². The molecule has 0 saturated carbocycles. The smallest absolute Gasteiger partial charge is 0.404 e. The minimum Gasteiger partial charge on any atom is -0.404 e. The summed E-state index contributed by atoms with van der Waals surface area (Å²) in [5.74, 6) is -2.06. The third kappa shape index (κ3) is 4.63. The summed E-state index contributed by atoms with van der Waals surface area (Å²) in [4.78, 5) is 56.4. The molecule has 0 radical (unpaired) electrons. The second-order valence-electron chi connectivity index (χ2n) is 6.61. The van der Waals surface area contributed by atoms with E-state index >= 15 is 0 Å². The second kappa shape index (κ2) is 8.96. The van der Waals surface area contributed by atoms with Crippen molar-refractivity contribution in [1.29, 1.82) is 0 Å². The number of aryl methyl sites for hydroxylation is 1. The number of halogens is 3. The van der Waals surface area contributed by atoms with Gasteiger partial charge in [0.05, 0.1) is 5.56 Å². The molecule has 1 N–H and O–H groups in total. The van der Waals surface area contributed by atoms with Crippen molar-refractivity contribution in [3.05, 3.63) is 80.1 Å². The summed E-state index contributed by atoms with van der Waals surface area (Å²) < 4.78 is 38.9. The van der Waals surface area contributed by atoms with Gasteiger partial charge >= 0.3 is 12.1 Å². The van der Waals surface area contributed by atoms with Crippen LogP contribution in [-0.2, 0) is 17.6 Å². The van der Waals surface area contributed by atoms with E-state index in [-0.39, 0.29) is 23.4 Å². The fourth-order valence-corrected chi connectivity index (χ4v) is 2.94. The lowest BCUT2D eigenvalue weighted by Crippen LogP contribution is -2.38. The molecule has 2 amide bonds. The van der Waals surface area contributed by atoms with Gasteiger partial charge in [-0.05, 0) is 42.3 Å². The summed E-state index contributed by atoms with van der Waals surface area (Å²) in [5, 5.41) is 4.69. The van der Waals surface area contributed by atoms with E-state index in [0.717, 1.165) is 16.9 Å². The number of hydrogen-bond acceptors (Lipinski definition) is 6. The first-order valence-electron chi connectivity index (χ1n) is 9.07. The SMILES string of the molecule is Cc1c(C(=O)NCC(=O)N=O)c(=O)n(OCc2ccc(C(F)(F)F)cc2)c2ncccc12. The quantitative estimate of drug-likeness (QED) is 0.579. The number of amides is 2. The van der Waals surface area contributed by atoms with Crippen LogP contribution in [0.25, 0.3) is 11.0 Å². The number of alkyl halides is 3. The van der Waals surface area contributed by atoms with Crippen LogP contribution in [-0.4, -0.2) is 28.1 Å². The second-order valence-corrected chi connectivity index (χ2v) is 6.61. The highest BCUT2D eigenvalue weighted by atomic mass is 19.4. The molecular formula is C20H15F3N4O5. The van der Waals surface area contributed by atoms with Gasteiger partial charge < -0.3 is 10.2 Å². The van der Waals surface area contributed by atoms with Crippen molar-refractivity contribution in [2.75, 3.05) is 6.54 Å². The fourth-order valence-electron chi connectivity index (χ4n) is 2.94. The van der Waals surface area contributed by atoms with Gasteiger partial charge in [0.15, 0.2) is 5.65 Å². The molecule has 9 nitrogen and oxygen atoms in total. The zero-order chi connectivity index (χ0) is 23.5. The average molecular weight is 448 g/mol. The van der Waals surface area contributed by atoms with Gasteiger partial charge in [-0.2, -0.15) is 13.2 Å². The molecule has 0 aliphatic rings. The molecule has 2 aromatic heterocycles. The highest BCUT2D eigenvalue weighted by Gasteiger charge is 2.30. The lowest BCUT2D eigenvalue weighted by Gasteiger charge is -2.15. The van der Waals surface area contributed by atoms with E-state index in [1.807, 2.05) is 0 Å². The summed E-state index contributed by atoms with van der Waals surface area (Å²) in [6, 6.07) is 7.31. The minimum absolute atomic E-state index is 0.0871. The van der Waals surface area contributed by atoms with Gasteiger partial charge in [-0.3, -0.25) is 14.4 Å². The zero-order valence-corrected chi connectivity index (χ0v) is 16.5. The number of nitrogens with zero attached hydrogens (tertiary/aromatic N) is 3. The first kappa shape index (κ1) is 22.6. The fraction of sp³-hybridized carbons (Fsp3) is 0.200. The van der Waals surface area contributed by atoms with Crippen molar-refractivity contribution >= 4 is 22.8 Å². The molecular weight excluding hydrogens is 433 g/mol. The summed E-state index contributed by atoms with van der Waals surface area (Å²) in [6.45, 7) is 0.514. The minimum atomic E-state index is -4.49. The Labute approximate surface area is 177 Å². The Morgan fingerprint density at radius 3 is 2.50 bits per heavy atom. The summed E-state index contributed by atoms with van der Waals surface area (Å²) >= 11 is 0. The van der Waals surface area contributed by atoms with E-state index < -0.39 is 35.7 Å². The highest BCUT2D eigenvalue weighted by Crippen LogP contribution is 2.29. The van der Waals surface area contributed by atoms with E-state index in [9.17, 15) is 32.5 Å². The number of fused-ring (bicyclic) bond motifs is 1. The third-order valence-corrected chi connectivity index (χ3v) is 4.53. The van der Waals surface area contributed by atoms with Crippen molar-refractivity contribution in [3.63, 3.8) is 0 Å². The van der Waals surface area contributed by atoms with Crippen LogP contribution in [0, 0.1) is 11.8 Å². The number of nitroso groups, excluding NO2 is 1. The van der Waals surface area contributed by atoms with Crippen molar-refractivity contribution in [1.82, 2.24) is 15.0 Å². The van der Waals surface area contributed by atoms with Gasteiger partial charge in [0.25, 0.3) is 11.5 Å². The zero-order valence-electron chi connectivity index (χ0n) is 16.5. The van der Waals surface area contributed by atoms with Crippen molar-refractivity contribution < 1.29 is 27.6 Å². The predicted octanol–water partition coefficient (Wildman–Crippen LogP) is 2.38. The van der Waals surface area contributed by atoms with Crippen LogP contribution in [0.15, 0.2) is 52.6 Å². The van der Waals surface area contributed by atoms with Crippen LogP contribution in [0.4, 0.5) is 13.2 Å². The molecule has 0 aliphatic carbocycles. The Morgan fingerprint density at radius 1 is 1.19 bits per heavy atom. The number of hydrogen-bond donors (Lipinski definition) is 1. The van der Waals surface area contributed by atoms with Crippen LogP contribution < -0.4 is 15.7 Å². The highest BCUT2D eigenvalue weighted by molar-refractivity contribution is 6.00. The third-order valence-electron chi connectivity index (χ3n) is 4.53. The molecule has 1 aromatic carbocycles. The molecule has 166 valence electrons. The first-order chi connectivity index (χ1) is 15.1. The molecule has 0 unspecified atom stereocenters. The maximum Gasteiger partial charge on any atom is 0.416 e. The van der Waals surface area contributed by atoms with Crippen LogP contribution in [0.3, 0.4) is 0 Å². The van der Waals surface area contributed by atoms with Gasteiger partial charge in [-0.1, -0.05) is 12.1 Å². The Bertz CT molecular complexity index is 1250. The van der Waals surface area contributed by atoms with Crippen molar-refractivity contribution in [2.24, 2.45) is 5.18 Å². The average Bonchev–Trinajstić information content (AvgIpc) is 2.77. The number of rotatable bonds is 6. The standard InChI is InChI=1S/C20H15F3N4O5/c1-11-14-3-2-8-24-17(14)27(19(30)16(11)18(29)25-9-15(28)26-31)32-10-12-4-6-13(7-5-12)20(21,22)23/h2-8H,9-10H2,1H3,(H,25,29). The monoisotopic (exact) mass is 448 g/mol. The molecule has 0 spiro atoms. The van der Waals surface area contributed by atoms with Gasteiger partial charge in [0.1, 0.15) is 18.7 Å². The summed E-state index contributed by atoms with van der Waals surface area (Å²) in [6.07, 6.45) is -3.09. The first-order valence-corrected chi connectivity index (χ1v) is 9.07. The number of benzene rings is 1. The van der Waals surface area contributed by atoms with Crippen molar-refractivity contribution in [3.8, 4) is 0 Å². The number of pyridine rings is 2. The molecule has 32 heavy (non-hydrogen) atoms. The Hall–Kier alpha value is -4.09. The lowest BCUT2D eigenvalue weighted by molar-refractivity contribution is -0.137. The predicted molar refractivity (Wildman–Crippen MR) is 106 cm³/mol. The van der Waals surface area contributed by atoms with Crippen LogP contribution >= 0.6 is 0 Å². The summed E-state index contributed by atoms with van der Waals surface area (Å²) in [7, 11) is 0. The van der Waals surface area contributed by atoms with E-state index in [0.29, 0.717) is 10.9 Å². The molecule has 0 fully saturated rings. The van der Waals surface area contributed by atoms with E-state index in [2.05, 4.69) is 15.5 Å².